The number of alkyl halides is 19. The van der Waals surface area contributed by atoms with Gasteiger partial charge >= 0.3 is 52.9 Å². The molecule has 0 heterocycles. The van der Waals surface area contributed by atoms with Crippen molar-refractivity contribution < 1.29 is 120 Å². The van der Waals surface area contributed by atoms with Crippen LogP contribution in [0.15, 0.2) is 0 Å². The van der Waals surface area contributed by atoms with Crippen molar-refractivity contribution >= 4 is 20.1 Å². The van der Waals surface area contributed by atoms with Crippen LogP contribution in [-0.4, -0.2) is 152 Å². The molecule has 0 aromatic heterocycles. The van der Waals surface area contributed by atoms with E-state index in [0.29, 0.717) is 0 Å². The molecule has 0 rings (SSSR count). The zero-order valence-electron chi connectivity index (χ0n) is 23.9. The Morgan fingerprint density at radius 3 is 1.29 bits per heavy atom. The minimum atomic E-state index is -9.29. The smallest absolute Gasteiger partial charge is 0.391 e. The molecule has 0 aromatic carbocycles. The van der Waals surface area contributed by atoms with Gasteiger partial charge in [-0.3, -0.25) is 4.55 Å². The van der Waals surface area contributed by atoms with E-state index in [1.165, 1.54) is 14.1 Å². The second kappa shape index (κ2) is 13.7. The van der Waals surface area contributed by atoms with E-state index in [0.717, 1.165) is 0 Å². The first-order chi connectivity index (χ1) is 21.0. The van der Waals surface area contributed by atoms with Crippen molar-refractivity contribution in [2.45, 2.75) is 65.4 Å². The summed E-state index contributed by atoms with van der Waals surface area (Å²) in [5.41, 5.74) is 0. The molecule has 296 valence electrons. The minimum absolute atomic E-state index is 0.250. The number of rotatable bonds is 19. The van der Waals surface area contributed by atoms with Gasteiger partial charge in [0.15, 0.2) is 0 Å². The monoisotopic (exact) mass is 817 g/mol. The molecule has 0 bridgehead atoms. The molecule has 0 aliphatic heterocycles. The molecule has 0 aliphatic rings. The first-order valence-corrected chi connectivity index (χ1v) is 15.2. The molecule has 0 saturated carbocycles. The highest BCUT2D eigenvalue weighted by molar-refractivity contribution is 7.90. The molecule has 30 heteroatoms. The van der Waals surface area contributed by atoms with E-state index < -0.39 is 126 Å². The van der Waals surface area contributed by atoms with Crippen LogP contribution >= 0.6 is 0 Å². The Kier molecular flexibility index (Phi) is 13.3. The topological polar surface area (TPSA) is 132 Å². The molecule has 0 spiro atoms. The van der Waals surface area contributed by atoms with Gasteiger partial charge in [0.25, 0.3) is 20.1 Å². The lowest BCUT2D eigenvalue weighted by molar-refractivity contribution is -0.890. The lowest BCUT2D eigenvalue weighted by Crippen LogP contribution is -2.76. The fourth-order valence-corrected chi connectivity index (χ4v) is 5.67. The van der Waals surface area contributed by atoms with Crippen molar-refractivity contribution in [2.75, 3.05) is 52.6 Å². The summed E-state index contributed by atoms with van der Waals surface area (Å²) in [5.74, 6) is -65.1. The van der Waals surface area contributed by atoms with Gasteiger partial charge in [0.2, 0.25) is 0 Å². The summed E-state index contributed by atoms with van der Waals surface area (Å²) in [6, 6.07) is 0. The molecule has 1 unspecified atom stereocenters. The Balaban J connectivity index is 7.27. The first-order valence-electron chi connectivity index (χ1n) is 12.2. The Hall–Kier alpha value is -1.63. The van der Waals surface area contributed by atoms with Crippen molar-refractivity contribution in [3.8, 4) is 0 Å². The Morgan fingerprint density at radius 1 is 0.612 bits per heavy atom. The summed E-state index contributed by atoms with van der Waals surface area (Å²) in [6.07, 6.45) is -12.0. The van der Waals surface area contributed by atoms with Crippen molar-refractivity contribution in [1.29, 1.82) is 0 Å². The van der Waals surface area contributed by atoms with Gasteiger partial charge in [-0.15, -0.1) is 0 Å². The van der Waals surface area contributed by atoms with E-state index >= 15 is 0 Å². The van der Waals surface area contributed by atoms with Gasteiger partial charge in [-0.25, -0.2) is 8.42 Å². The number of quaternary nitrogens is 1. The SMILES string of the molecule is C[N+](C)(CCO)CCCN(CC(O)CS(=O)(=O)O)S(=O)(=O)C(F)(F)C(F)(F)C(F)(F)C(F)(F)C(F)(F)C(F)(F)C(F)(F)C(F)(F)C(F)(F)F. The third-order valence-electron chi connectivity index (χ3n) is 6.45. The number of halogens is 19. The standard InChI is InChI=1S/C19H23F19N2O7S2/c1-40(2,6-7-41)5-3-4-39(8-10(42)9-48(43,44)45)49(46,47)19(37,38)17(32,33)15(28,29)13(24,25)11(20,21)12(22,23)14(26,27)16(30,31)18(34,35)36/h10,41-42H,3-9H2,1-2H3/p+1. The van der Waals surface area contributed by atoms with Crippen LogP contribution < -0.4 is 0 Å². The van der Waals surface area contributed by atoms with Crippen LogP contribution in [0.5, 0.6) is 0 Å². The minimum Gasteiger partial charge on any atom is -0.391 e. The molecule has 0 amide bonds. The zero-order chi connectivity index (χ0) is 40.1. The lowest BCUT2D eigenvalue weighted by atomic mass is 9.89. The van der Waals surface area contributed by atoms with Crippen molar-refractivity contribution in [3.05, 3.63) is 0 Å². The highest BCUT2D eigenvalue weighted by Crippen LogP contribution is 2.65. The molecule has 0 fully saturated rings. The third-order valence-corrected chi connectivity index (χ3v) is 9.17. The van der Waals surface area contributed by atoms with Gasteiger partial charge in [0, 0.05) is 19.5 Å². The second-order valence-corrected chi connectivity index (χ2v) is 14.2. The van der Waals surface area contributed by atoms with Crippen LogP contribution in [0.4, 0.5) is 83.4 Å². The van der Waals surface area contributed by atoms with Crippen molar-refractivity contribution in [3.63, 3.8) is 0 Å². The van der Waals surface area contributed by atoms with E-state index in [1.54, 1.807) is 0 Å². The predicted molar refractivity (Wildman–Crippen MR) is 122 cm³/mol. The molecule has 1 atom stereocenters. The number of aliphatic hydroxyl groups excluding tert-OH is 2. The number of hydrogen-bond donors (Lipinski definition) is 3. The van der Waals surface area contributed by atoms with Crippen molar-refractivity contribution in [2.24, 2.45) is 0 Å². The van der Waals surface area contributed by atoms with Crippen LogP contribution in [0.3, 0.4) is 0 Å². The molecular weight excluding hydrogens is 793 g/mol. The predicted octanol–water partition coefficient (Wildman–Crippen LogP) is 3.93. The van der Waals surface area contributed by atoms with Crippen LogP contribution in [0.2, 0.25) is 0 Å². The molecule has 0 aliphatic carbocycles. The molecule has 0 radical (unpaired) electrons. The molecular formula is C19H24F19N2O7S2+. The molecule has 49 heavy (non-hydrogen) atoms. The zero-order valence-corrected chi connectivity index (χ0v) is 25.5. The average molecular weight is 818 g/mol. The second-order valence-electron chi connectivity index (χ2n) is 10.8. The van der Waals surface area contributed by atoms with Gasteiger partial charge in [-0.05, 0) is 0 Å². The van der Waals surface area contributed by atoms with Gasteiger partial charge < -0.3 is 14.7 Å². The normalized spacial score (nSPS) is 16.8. The number of aliphatic hydroxyl groups is 2. The molecule has 9 nitrogen and oxygen atoms in total. The van der Waals surface area contributed by atoms with Crippen molar-refractivity contribution in [1.82, 2.24) is 4.31 Å². The van der Waals surface area contributed by atoms with Gasteiger partial charge in [-0.1, -0.05) is 0 Å². The number of nitrogens with zero attached hydrogens (tertiary/aromatic N) is 2. The summed E-state index contributed by atoms with van der Waals surface area (Å²) >= 11 is 0. The lowest BCUT2D eigenvalue weighted by Gasteiger charge is -2.44. The fraction of sp³-hybridized carbons (Fsp3) is 1.00. The van der Waals surface area contributed by atoms with E-state index in [-0.39, 0.29) is 6.54 Å². The number of hydrogen-bond acceptors (Lipinski definition) is 6. The molecule has 3 N–H and O–H groups in total. The van der Waals surface area contributed by atoms with E-state index in [1.807, 2.05) is 0 Å². The van der Waals surface area contributed by atoms with Gasteiger partial charge in [0.1, 0.15) is 12.3 Å². The molecule has 0 aromatic rings. The fourth-order valence-electron chi connectivity index (χ4n) is 3.57. The van der Waals surface area contributed by atoms with E-state index in [9.17, 15) is 105 Å². The van der Waals surface area contributed by atoms with Crippen LogP contribution in [0.25, 0.3) is 0 Å². The van der Waals surface area contributed by atoms with Crippen LogP contribution in [0.1, 0.15) is 6.42 Å². The summed E-state index contributed by atoms with van der Waals surface area (Å²) in [4.78, 5) is 0. The maximum absolute atomic E-state index is 14.8. The molecule has 0 saturated heterocycles. The summed E-state index contributed by atoms with van der Waals surface area (Å²) in [7, 11) is -11.0. The average Bonchev–Trinajstić information content (AvgIpc) is 2.85. The van der Waals surface area contributed by atoms with Crippen LogP contribution in [0, 0.1) is 0 Å². The Labute approximate surface area is 262 Å². The summed E-state index contributed by atoms with van der Waals surface area (Å²) in [5, 5.41) is 10.6. The Bertz CT molecular complexity index is 1370. The summed E-state index contributed by atoms with van der Waals surface area (Å²) in [6.45, 7) is -5.44. The summed E-state index contributed by atoms with van der Waals surface area (Å²) < 4.78 is 313. The maximum atomic E-state index is 14.8. The highest BCUT2D eigenvalue weighted by atomic mass is 32.2. The Morgan fingerprint density at radius 2 is 0.959 bits per heavy atom. The number of sulfonamides is 1. The number of likely N-dealkylation sites (N-methyl/N-ethyl adjacent to an activating group) is 1. The third kappa shape index (κ3) is 8.22. The van der Waals surface area contributed by atoms with E-state index in [2.05, 4.69) is 0 Å². The highest BCUT2D eigenvalue weighted by Gasteiger charge is 2.97. The maximum Gasteiger partial charge on any atom is 0.460 e. The van der Waals surface area contributed by atoms with Gasteiger partial charge in [0.05, 0.1) is 33.4 Å². The van der Waals surface area contributed by atoms with E-state index in [4.69, 9.17) is 9.66 Å². The largest absolute Gasteiger partial charge is 0.460 e. The van der Waals surface area contributed by atoms with Gasteiger partial charge in [-0.2, -0.15) is 96.1 Å². The first kappa shape index (κ1) is 47.4. The van der Waals surface area contributed by atoms with Crippen LogP contribution in [-0.2, 0) is 20.1 Å². The quantitative estimate of drug-likeness (QED) is 0.102.